The molecular formula is C62H132. The van der Waals surface area contributed by atoms with Gasteiger partial charge in [0, 0.05) is 0 Å². The van der Waals surface area contributed by atoms with Crippen molar-refractivity contribution in [3.05, 3.63) is 0 Å². The maximum atomic E-state index is 2.46. The van der Waals surface area contributed by atoms with Gasteiger partial charge in [-0.25, -0.2) is 0 Å². The molecule has 0 aliphatic heterocycles. The SMILES string of the molecule is CC(C)CCCC(C)CCC(C)(C)C.CC(C)CCCC(C)CCCC(C)CCC(C)(C)C.CCC(C)CCCC(C)(C)C(C)(C)C.CCC(C)CCCC(C)(CC)C(C)(C)C. The molecule has 0 aliphatic rings. The second kappa shape index (κ2) is 35.2. The number of hydrogen-bond acceptors (Lipinski definition) is 0. The van der Waals surface area contributed by atoms with Crippen molar-refractivity contribution >= 4 is 0 Å². The molecule has 0 N–H and O–H groups in total. The zero-order chi connectivity index (χ0) is 49.6. The van der Waals surface area contributed by atoms with Gasteiger partial charge in [-0.15, -0.1) is 0 Å². The summed E-state index contributed by atoms with van der Waals surface area (Å²) in [5, 5.41) is 0. The van der Waals surface area contributed by atoms with Gasteiger partial charge in [-0.3, -0.25) is 0 Å². The molecule has 0 aromatic heterocycles. The van der Waals surface area contributed by atoms with E-state index in [0.29, 0.717) is 32.5 Å². The van der Waals surface area contributed by atoms with Crippen LogP contribution in [0.1, 0.15) is 328 Å². The molecule has 380 valence electrons. The van der Waals surface area contributed by atoms with Crippen molar-refractivity contribution in [2.24, 2.45) is 73.9 Å². The quantitative estimate of drug-likeness (QED) is 0.0771. The van der Waals surface area contributed by atoms with Crippen molar-refractivity contribution in [1.82, 2.24) is 0 Å². The Morgan fingerprint density at radius 3 is 0.839 bits per heavy atom. The summed E-state index contributed by atoms with van der Waals surface area (Å²) >= 11 is 0. The highest BCUT2D eigenvalue weighted by atomic mass is 14.4. The van der Waals surface area contributed by atoms with Crippen molar-refractivity contribution in [2.75, 3.05) is 0 Å². The summed E-state index contributed by atoms with van der Waals surface area (Å²) in [6, 6.07) is 0. The van der Waals surface area contributed by atoms with E-state index in [1.807, 2.05) is 0 Å². The highest BCUT2D eigenvalue weighted by Crippen LogP contribution is 2.45. The Morgan fingerprint density at radius 2 is 0.581 bits per heavy atom. The highest BCUT2D eigenvalue weighted by molar-refractivity contribution is 4.85. The largest absolute Gasteiger partial charge is 0.0651 e. The van der Waals surface area contributed by atoms with E-state index in [9.17, 15) is 0 Å². The first-order valence-electron chi connectivity index (χ1n) is 28.0. The summed E-state index contributed by atoms with van der Waals surface area (Å²) in [5.41, 5.74) is 2.89. The fourth-order valence-corrected chi connectivity index (χ4v) is 7.95. The van der Waals surface area contributed by atoms with Gasteiger partial charge in [0.2, 0.25) is 0 Å². The molecule has 6 unspecified atom stereocenters. The molecule has 0 fully saturated rings. The van der Waals surface area contributed by atoms with Crippen molar-refractivity contribution in [2.45, 2.75) is 328 Å². The van der Waals surface area contributed by atoms with Gasteiger partial charge in [0.15, 0.2) is 0 Å². The van der Waals surface area contributed by atoms with Gasteiger partial charge < -0.3 is 0 Å². The summed E-state index contributed by atoms with van der Waals surface area (Å²) < 4.78 is 0. The number of rotatable bonds is 27. The van der Waals surface area contributed by atoms with Crippen LogP contribution in [-0.4, -0.2) is 0 Å². The normalized spacial score (nSPS) is 16.2. The zero-order valence-corrected chi connectivity index (χ0v) is 49.6. The zero-order valence-electron chi connectivity index (χ0n) is 49.6. The first kappa shape index (κ1) is 68.6. The molecule has 0 aliphatic carbocycles. The van der Waals surface area contributed by atoms with Crippen molar-refractivity contribution in [3.8, 4) is 0 Å². The van der Waals surface area contributed by atoms with Crippen molar-refractivity contribution < 1.29 is 0 Å². The van der Waals surface area contributed by atoms with E-state index in [2.05, 4.69) is 187 Å². The Hall–Kier alpha value is 0. The van der Waals surface area contributed by atoms with Gasteiger partial charge in [0.25, 0.3) is 0 Å². The summed E-state index contributed by atoms with van der Waals surface area (Å²) in [7, 11) is 0. The van der Waals surface area contributed by atoms with E-state index in [1.165, 1.54) is 141 Å². The minimum atomic E-state index is 0.433. The van der Waals surface area contributed by atoms with Gasteiger partial charge >= 0.3 is 0 Å². The second-order valence-corrected chi connectivity index (χ2v) is 28.2. The second-order valence-electron chi connectivity index (χ2n) is 28.2. The van der Waals surface area contributed by atoms with E-state index in [-0.39, 0.29) is 0 Å². The predicted molar refractivity (Wildman–Crippen MR) is 294 cm³/mol. The fourth-order valence-electron chi connectivity index (χ4n) is 7.95. The van der Waals surface area contributed by atoms with Gasteiger partial charge in [-0.2, -0.15) is 0 Å². The molecule has 6 atom stereocenters. The van der Waals surface area contributed by atoms with Crippen molar-refractivity contribution in [1.29, 1.82) is 0 Å². The molecule has 0 radical (unpaired) electrons. The van der Waals surface area contributed by atoms with Gasteiger partial charge in [0.05, 0.1) is 0 Å². The van der Waals surface area contributed by atoms with Crippen molar-refractivity contribution in [3.63, 3.8) is 0 Å². The van der Waals surface area contributed by atoms with Crippen LogP contribution in [0.15, 0.2) is 0 Å². The molecule has 0 aromatic carbocycles. The minimum absolute atomic E-state index is 0.433. The Morgan fingerprint density at radius 1 is 0.290 bits per heavy atom. The predicted octanol–water partition coefficient (Wildman–Crippen LogP) is 23.3. The molecule has 0 nitrogen and oxygen atoms in total. The van der Waals surface area contributed by atoms with Crippen LogP contribution in [0, 0.1) is 73.9 Å². The monoisotopic (exact) mass is 877 g/mol. The Balaban J connectivity index is -0.000000365. The first-order valence-corrected chi connectivity index (χ1v) is 28.0. The molecule has 0 saturated carbocycles. The smallest absolute Gasteiger partial charge is 0.0280 e. The average Bonchev–Trinajstić information content (AvgIpc) is 3.11. The van der Waals surface area contributed by atoms with Gasteiger partial charge in [-0.05, 0) is 99.6 Å². The number of hydrogen-bond donors (Lipinski definition) is 0. The molecular weight excluding hydrogens is 745 g/mol. The minimum Gasteiger partial charge on any atom is -0.0651 e. The lowest BCUT2D eigenvalue weighted by atomic mass is 9.63. The van der Waals surface area contributed by atoms with Crippen LogP contribution < -0.4 is 0 Å². The third-order valence-corrected chi connectivity index (χ3v) is 16.1. The lowest BCUT2D eigenvalue weighted by Gasteiger charge is -2.42. The Bertz CT molecular complexity index is 950. The fraction of sp³-hybridized carbons (Fsp3) is 1.00. The molecule has 0 amide bonds. The van der Waals surface area contributed by atoms with Gasteiger partial charge in [-0.1, -0.05) is 303 Å². The van der Waals surface area contributed by atoms with Crippen LogP contribution in [0.2, 0.25) is 0 Å². The van der Waals surface area contributed by atoms with Crippen LogP contribution in [0.4, 0.5) is 0 Å². The summed E-state index contributed by atoms with van der Waals surface area (Å²) in [6.45, 7) is 63.9. The Labute approximate surface area is 400 Å². The summed E-state index contributed by atoms with van der Waals surface area (Å²) in [4.78, 5) is 0. The van der Waals surface area contributed by atoms with E-state index >= 15 is 0 Å². The lowest BCUT2D eigenvalue weighted by Crippen LogP contribution is -2.32. The first-order chi connectivity index (χ1) is 28.0. The molecule has 0 heteroatoms. The molecule has 0 heterocycles. The van der Waals surface area contributed by atoms with Crippen LogP contribution >= 0.6 is 0 Å². The average molecular weight is 878 g/mol. The van der Waals surface area contributed by atoms with E-state index in [1.54, 1.807) is 0 Å². The molecule has 0 aromatic rings. The molecule has 0 spiro atoms. The summed E-state index contributed by atoms with van der Waals surface area (Å²) in [5.74, 6) is 6.36. The third kappa shape index (κ3) is 43.9. The molecule has 0 bridgehead atoms. The Kier molecular flexibility index (Phi) is 38.9. The van der Waals surface area contributed by atoms with Crippen LogP contribution in [0.25, 0.3) is 0 Å². The maximum Gasteiger partial charge on any atom is -0.0280 e. The van der Waals surface area contributed by atoms with E-state index < -0.39 is 0 Å². The standard InChI is InChI=1S/C19H40.C15H32.2C14H30/c1-16(2)10-8-11-17(3)12-9-13-18(4)14-15-19(5,6)7;1-8-13(3)11-10-12-15(7,9-2)14(4,5)6;1-12(2)8-7-9-13(3)10-11-14(4,5)6;1-8-12(2)10-9-11-14(6,7)13(3,4)5/h16-18H,8-15H2,1-7H3;13H,8-12H2,1-7H3;12-13H,7-11H2,1-6H3;12H,8-11H2,1-7H3. The summed E-state index contributed by atoms with van der Waals surface area (Å²) in [6.07, 6.45) is 30.7. The topological polar surface area (TPSA) is 0 Å². The van der Waals surface area contributed by atoms with Crippen LogP contribution in [-0.2, 0) is 0 Å². The highest BCUT2D eigenvalue weighted by Gasteiger charge is 2.35. The van der Waals surface area contributed by atoms with Crippen LogP contribution in [0.5, 0.6) is 0 Å². The van der Waals surface area contributed by atoms with Gasteiger partial charge in [0.1, 0.15) is 0 Å². The molecule has 0 rings (SSSR count). The van der Waals surface area contributed by atoms with E-state index in [4.69, 9.17) is 0 Å². The maximum absolute atomic E-state index is 2.46. The lowest BCUT2D eigenvalue weighted by molar-refractivity contribution is 0.0860. The molecule has 0 saturated heterocycles. The van der Waals surface area contributed by atoms with E-state index in [0.717, 1.165) is 41.4 Å². The van der Waals surface area contributed by atoms with Crippen LogP contribution in [0.3, 0.4) is 0 Å². The molecule has 62 heavy (non-hydrogen) atoms. The third-order valence-electron chi connectivity index (χ3n) is 16.1.